The summed E-state index contributed by atoms with van der Waals surface area (Å²) in [7, 11) is 0. The zero-order valence-electron chi connectivity index (χ0n) is 12.4. The van der Waals surface area contributed by atoms with E-state index in [1.165, 1.54) is 19.3 Å². The predicted molar refractivity (Wildman–Crippen MR) is 80.8 cm³/mol. The van der Waals surface area contributed by atoms with Crippen LogP contribution in [0.3, 0.4) is 0 Å². The molecule has 0 aliphatic heterocycles. The summed E-state index contributed by atoms with van der Waals surface area (Å²) in [6.45, 7) is 6.39. The maximum Gasteiger partial charge on any atom is 0.328 e. The van der Waals surface area contributed by atoms with E-state index in [0.29, 0.717) is 0 Å². The Balaban J connectivity index is 3.41. The second-order valence-corrected chi connectivity index (χ2v) is 5.63. The predicted octanol–water partition coefficient (Wildman–Crippen LogP) is 4.57. The molecule has 0 spiro atoms. The van der Waals surface area contributed by atoms with Gasteiger partial charge in [-0.1, -0.05) is 37.0 Å². The fourth-order valence-electron chi connectivity index (χ4n) is 1.47. The van der Waals surface area contributed by atoms with Crippen LogP contribution in [0.25, 0.3) is 0 Å². The van der Waals surface area contributed by atoms with Crippen molar-refractivity contribution in [2.75, 3.05) is 0 Å². The van der Waals surface area contributed by atoms with Crippen molar-refractivity contribution in [1.82, 2.24) is 0 Å². The van der Waals surface area contributed by atoms with E-state index in [-0.39, 0.29) is 5.41 Å². The van der Waals surface area contributed by atoms with E-state index in [1.807, 2.05) is 6.08 Å². The number of carboxylic acids is 1. The first-order chi connectivity index (χ1) is 8.92. The number of carbonyl (C=O) groups is 1. The lowest BCUT2D eigenvalue weighted by Gasteiger charge is -2.06. The van der Waals surface area contributed by atoms with E-state index in [1.54, 1.807) is 12.2 Å². The molecule has 0 radical (unpaired) electrons. The van der Waals surface area contributed by atoms with Gasteiger partial charge < -0.3 is 5.11 Å². The van der Waals surface area contributed by atoms with Gasteiger partial charge in [0.1, 0.15) is 0 Å². The van der Waals surface area contributed by atoms with Crippen LogP contribution in [0.4, 0.5) is 0 Å². The van der Waals surface area contributed by atoms with Crippen molar-refractivity contribution >= 4 is 5.97 Å². The molecular formula is C17H26O2. The van der Waals surface area contributed by atoms with Crippen LogP contribution in [-0.2, 0) is 4.79 Å². The standard InChI is InChI=1S/C17H26O2/c1-17(2,3)15-13-11-9-7-5-4-6-8-10-12-14-16(18)19/h8,10,12,14H,4-7,9,11H2,1-3H3,(H,18,19)/b10-8+,14-12+. The van der Waals surface area contributed by atoms with Gasteiger partial charge in [-0.15, -0.1) is 5.92 Å². The maximum absolute atomic E-state index is 10.2. The molecule has 0 aliphatic carbocycles. The second-order valence-electron chi connectivity index (χ2n) is 5.63. The molecular weight excluding hydrogens is 236 g/mol. The van der Waals surface area contributed by atoms with Crippen LogP contribution >= 0.6 is 0 Å². The number of aliphatic carboxylic acids is 1. The molecule has 0 aromatic carbocycles. The summed E-state index contributed by atoms with van der Waals surface area (Å²) in [4.78, 5) is 10.2. The van der Waals surface area contributed by atoms with Gasteiger partial charge in [0, 0.05) is 17.9 Å². The van der Waals surface area contributed by atoms with E-state index in [0.717, 1.165) is 25.3 Å². The SMILES string of the molecule is CC(C)(C)C#CCCCCCC/C=C/C=C/C(=O)O. The van der Waals surface area contributed by atoms with Crippen molar-refractivity contribution < 1.29 is 9.90 Å². The van der Waals surface area contributed by atoms with Crippen LogP contribution in [0.5, 0.6) is 0 Å². The Morgan fingerprint density at radius 2 is 1.79 bits per heavy atom. The molecule has 0 saturated heterocycles. The number of carboxylic acid groups (broad SMARTS) is 1. The minimum atomic E-state index is -0.902. The Morgan fingerprint density at radius 3 is 2.42 bits per heavy atom. The molecule has 0 aliphatic rings. The lowest BCUT2D eigenvalue weighted by molar-refractivity contribution is -0.131. The van der Waals surface area contributed by atoms with E-state index in [4.69, 9.17) is 5.11 Å². The fourth-order valence-corrected chi connectivity index (χ4v) is 1.47. The van der Waals surface area contributed by atoms with Gasteiger partial charge in [0.2, 0.25) is 0 Å². The third-order valence-corrected chi connectivity index (χ3v) is 2.37. The monoisotopic (exact) mass is 262 g/mol. The smallest absolute Gasteiger partial charge is 0.328 e. The number of hydrogen-bond donors (Lipinski definition) is 1. The van der Waals surface area contributed by atoms with E-state index < -0.39 is 5.97 Å². The molecule has 2 heteroatoms. The van der Waals surface area contributed by atoms with Crippen LogP contribution in [0.1, 0.15) is 59.3 Å². The maximum atomic E-state index is 10.2. The van der Waals surface area contributed by atoms with E-state index in [9.17, 15) is 4.79 Å². The summed E-state index contributed by atoms with van der Waals surface area (Å²) >= 11 is 0. The Hall–Kier alpha value is -1.49. The molecule has 0 heterocycles. The minimum Gasteiger partial charge on any atom is -0.478 e. The summed E-state index contributed by atoms with van der Waals surface area (Å²) in [5, 5.41) is 8.38. The van der Waals surface area contributed by atoms with Crippen molar-refractivity contribution in [3.63, 3.8) is 0 Å². The average molecular weight is 262 g/mol. The molecule has 0 amide bonds. The van der Waals surface area contributed by atoms with Crippen molar-refractivity contribution in [3.05, 3.63) is 24.3 Å². The second kappa shape index (κ2) is 10.4. The first-order valence-corrected chi connectivity index (χ1v) is 6.98. The Labute approximate surface area is 117 Å². The normalized spacial score (nSPS) is 11.7. The molecule has 0 atom stereocenters. The van der Waals surface area contributed by atoms with Crippen molar-refractivity contribution in [3.8, 4) is 11.8 Å². The Kier molecular flexibility index (Phi) is 9.62. The Bertz CT molecular complexity index is 359. The summed E-state index contributed by atoms with van der Waals surface area (Å²) in [6, 6.07) is 0. The van der Waals surface area contributed by atoms with Gasteiger partial charge >= 0.3 is 5.97 Å². The highest BCUT2D eigenvalue weighted by Gasteiger charge is 2.02. The zero-order chi connectivity index (χ0) is 14.6. The number of allylic oxidation sites excluding steroid dienone is 3. The minimum absolute atomic E-state index is 0.119. The summed E-state index contributed by atoms with van der Waals surface area (Å²) in [6.07, 6.45) is 13.3. The largest absolute Gasteiger partial charge is 0.478 e. The summed E-state index contributed by atoms with van der Waals surface area (Å²) in [5.41, 5.74) is 0.119. The van der Waals surface area contributed by atoms with Crippen LogP contribution < -0.4 is 0 Å². The molecule has 0 rings (SSSR count). The first-order valence-electron chi connectivity index (χ1n) is 6.98. The van der Waals surface area contributed by atoms with Crippen LogP contribution in [0.2, 0.25) is 0 Å². The highest BCUT2D eigenvalue weighted by molar-refractivity contribution is 5.80. The molecule has 0 aromatic rings. The van der Waals surface area contributed by atoms with Gasteiger partial charge in [0.15, 0.2) is 0 Å². The summed E-state index contributed by atoms with van der Waals surface area (Å²) in [5.74, 6) is 5.56. The van der Waals surface area contributed by atoms with Crippen molar-refractivity contribution in [2.24, 2.45) is 5.41 Å². The van der Waals surface area contributed by atoms with Gasteiger partial charge in [-0.3, -0.25) is 0 Å². The molecule has 1 N–H and O–H groups in total. The third-order valence-electron chi connectivity index (χ3n) is 2.37. The third kappa shape index (κ3) is 16.5. The van der Waals surface area contributed by atoms with Crippen molar-refractivity contribution in [1.29, 1.82) is 0 Å². The molecule has 0 unspecified atom stereocenters. The number of hydrogen-bond acceptors (Lipinski definition) is 1. The van der Waals surface area contributed by atoms with Gasteiger partial charge in [-0.2, -0.15) is 0 Å². The molecule has 0 fully saturated rings. The number of rotatable bonds is 8. The molecule has 2 nitrogen and oxygen atoms in total. The van der Waals surface area contributed by atoms with E-state index in [2.05, 4.69) is 32.6 Å². The van der Waals surface area contributed by atoms with Crippen LogP contribution in [0, 0.1) is 17.3 Å². The molecule has 0 bridgehead atoms. The molecule has 19 heavy (non-hydrogen) atoms. The topological polar surface area (TPSA) is 37.3 Å². The van der Waals surface area contributed by atoms with Gasteiger partial charge in [-0.05, 0) is 40.0 Å². The lowest BCUT2D eigenvalue weighted by Crippen LogP contribution is -1.98. The molecule has 0 saturated carbocycles. The molecule has 0 aromatic heterocycles. The first kappa shape index (κ1) is 17.5. The van der Waals surface area contributed by atoms with Crippen molar-refractivity contribution in [2.45, 2.75) is 59.3 Å². The van der Waals surface area contributed by atoms with Gasteiger partial charge in [0.25, 0.3) is 0 Å². The van der Waals surface area contributed by atoms with E-state index >= 15 is 0 Å². The highest BCUT2D eigenvalue weighted by atomic mass is 16.4. The fraction of sp³-hybridized carbons (Fsp3) is 0.588. The summed E-state index contributed by atoms with van der Waals surface area (Å²) < 4.78 is 0. The van der Waals surface area contributed by atoms with Crippen LogP contribution in [0.15, 0.2) is 24.3 Å². The van der Waals surface area contributed by atoms with Gasteiger partial charge in [-0.25, -0.2) is 4.79 Å². The zero-order valence-corrected chi connectivity index (χ0v) is 12.4. The Morgan fingerprint density at radius 1 is 1.11 bits per heavy atom. The average Bonchev–Trinajstić information content (AvgIpc) is 2.28. The highest BCUT2D eigenvalue weighted by Crippen LogP contribution is 2.11. The number of unbranched alkanes of at least 4 members (excludes halogenated alkanes) is 5. The van der Waals surface area contributed by atoms with Gasteiger partial charge in [0.05, 0.1) is 0 Å². The quantitative estimate of drug-likeness (QED) is 0.301. The molecule has 106 valence electrons. The lowest BCUT2D eigenvalue weighted by atomic mass is 9.97. The van der Waals surface area contributed by atoms with Crippen LogP contribution in [-0.4, -0.2) is 11.1 Å².